The smallest absolute Gasteiger partial charge is 0.330 e. The number of cyclic esters (lactones) is 1. The maximum absolute atomic E-state index is 13.2. The number of ether oxygens (including phenoxy) is 7. The number of carbonyl (C=O) groups is 2. The minimum atomic E-state index is -1.90. The van der Waals surface area contributed by atoms with Gasteiger partial charge < -0.3 is 58.7 Å². The molecule has 286 valence electrons. The van der Waals surface area contributed by atoms with Crippen molar-refractivity contribution < 1.29 is 68.3 Å². The fourth-order valence-corrected chi connectivity index (χ4v) is 6.84. The second kappa shape index (κ2) is 18.1. The van der Waals surface area contributed by atoms with E-state index in [0.29, 0.717) is 0 Å². The summed E-state index contributed by atoms with van der Waals surface area (Å²) in [7, 11) is 2.91. The van der Waals surface area contributed by atoms with Crippen LogP contribution in [0.5, 0.6) is 0 Å². The van der Waals surface area contributed by atoms with E-state index in [0.717, 1.165) is 0 Å². The van der Waals surface area contributed by atoms with Gasteiger partial charge in [0.2, 0.25) is 0 Å². The number of aliphatic hydroxyl groups excluding tert-OH is 3. The predicted molar refractivity (Wildman–Crippen MR) is 179 cm³/mol. The second-order valence-electron chi connectivity index (χ2n) is 14.3. The van der Waals surface area contributed by atoms with Crippen LogP contribution in [0.15, 0.2) is 36.5 Å². The van der Waals surface area contributed by atoms with Gasteiger partial charge in [0.15, 0.2) is 18.4 Å². The molecule has 0 aromatic rings. The van der Waals surface area contributed by atoms with E-state index < -0.39 is 108 Å². The van der Waals surface area contributed by atoms with Gasteiger partial charge in [0.25, 0.3) is 0 Å². The molecule has 0 aliphatic carbocycles. The molecule has 0 bridgehead atoms. The van der Waals surface area contributed by atoms with E-state index in [1.54, 1.807) is 52.8 Å². The quantitative estimate of drug-likeness (QED) is 0.226. The zero-order chi connectivity index (χ0) is 37.6. The van der Waals surface area contributed by atoms with E-state index in [1.165, 1.54) is 46.3 Å². The van der Waals surface area contributed by atoms with Crippen LogP contribution in [0.3, 0.4) is 0 Å². The lowest BCUT2D eigenvalue weighted by Gasteiger charge is -2.47. The van der Waals surface area contributed by atoms with Crippen LogP contribution in [-0.2, 0) is 42.7 Å². The third-order valence-electron chi connectivity index (χ3n) is 10.0. The Morgan fingerprint density at radius 1 is 0.880 bits per heavy atom. The largest absolute Gasteiger partial charge is 0.459 e. The van der Waals surface area contributed by atoms with E-state index in [-0.39, 0.29) is 19.4 Å². The highest BCUT2D eigenvalue weighted by Crippen LogP contribution is 2.36. The van der Waals surface area contributed by atoms with Crippen molar-refractivity contribution in [2.24, 2.45) is 17.8 Å². The zero-order valence-corrected chi connectivity index (χ0v) is 30.6. The highest BCUT2D eigenvalue weighted by molar-refractivity contribution is 5.96. The normalized spacial score (nSPS) is 46.5. The molecule has 0 radical (unpaired) electrons. The predicted octanol–water partition coefficient (Wildman–Crippen LogP) is 1.34. The van der Waals surface area contributed by atoms with Crippen LogP contribution in [0.4, 0.5) is 0 Å². The Kier molecular flexibility index (Phi) is 15.3. The molecule has 0 spiro atoms. The van der Waals surface area contributed by atoms with Crippen molar-refractivity contribution in [3.63, 3.8) is 0 Å². The molecule has 16 atom stereocenters. The molecule has 2 fully saturated rings. The standard InChI is InChI=1S/C36H58O14/c1-19-14-15-27(39)48-22(4)25(18-46-33-31(45-9)30(44-8)28(40)23(5)49-33)12-10-11-13-26(38)35(7,42)16-20(2)29(19)50-34-32(41)36(43,24(6)37)17-21(3)47-34/h10-15,19-25,28-34,37,40-43H,16-18H2,1-9H3/b12-10-,13-11-,15-14-/t19-,20-,21+,22+,23+,24-,25+,28+,29+,30+,31+,32-,33+,34-,35-,36-/m0/s1. The van der Waals surface area contributed by atoms with Crippen molar-refractivity contribution in [1.82, 2.24) is 0 Å². The molecule has 3 aliphatic rings. The van der Waals surface area contributed by atoms with Gasteiger partial charge in [-0.2, -0.15) is 0 Å². The summed E-state index contributed by atoms with van der Waals surface area (Å²) in [4.78, 5) is 26.3. The van der Waals surface area contributed by atoms with E-state index >= 15 is 0 Å². The number of ketones is 1. The molecular formula is C36H58O14. The third kappa shape index (κ3) is 10.3. The summed E-state index contributed by atoms with van der Waals surface area (Å²) in [6.45, 7) is 11.4. The summed E-state index contributed by atoms with van der Waals surface area (Å²) in [5.74, 6) is -2.82. The lowest BCUT2D eigenvalue weighted by atomic mass is 9.81. The van der Waals surface area contributed by atoms with Gasteiger partial charge in [0, 0.05) is 38.6 Å². The Morgan fingerprint density at radius 2 is 1.54 bits per heavy atom. The Balaban J connectivity index is 1.87. The summed E-state index contributed by atoms with van der Waals surface area (Å²) in [6.07, 6.45) is -1.53. The monoisotopic (exact) mass is 714 g/mol. The first kappa shape index (κ1) is 42.3. The first-order chi connectivity index (χ1) is 23.4. The molecular weight excluding hydrogens is 656 g/mol. The van der Waals surface area contributed by atoms with Crippen LogP contribution in [0.1, 0.15) is 61.3 Å². The molecule has 0 aromatic carbocycles. The lowest BCUT2D eigenvalue weighted by Crippen LogP contribution is -2.63. The topological polar surface area (TPSA) is 200 Å². The highest BCUT2D eigenvalue weighted by atomic mass is 16.7. The molecule has 0 amide bonds. The van der Waals surface area contributed by atoms with Crippen molar-refractivity contribution in [1.29, 1.82) is 0 Å². The molecule has 3 aliphatic heterocycles. The van der Waals surface area contributed by atoms with E-state index in [4.69, 9.17) is 33.2 Å². The zero-order valence-electron chi connectivity index (χ0n) is 30.6. The molecule has 3 heterocycles. The second-order valence-corrected chi connectivity index (χ2v) is 14.3. The first-order valence-corrected chi connectivity index (χ1v) is 17.3. The number of allylic oxidation sites excluding steroid dienone is 2. The van der Waals surface area contributed by atoms with Gasteiger partial charge in [-0.3, -0.25) is 4.79 Å². The highest BCUT2D eigenvalue weighted by Gasteiger charge is 2.52. The van der Waals surface area contributed by atoms with Gasteiger partial charge in [-0.1, -0.05) is 38.2 Å². The van der Waals surface area contributed by atoms with E-state index in [2.05, 4.69) is 0 Å². The number of methoxy groups -OCH3 is 2. The number of aliphatic hydroxyl groups is 5. The third-order valence-corrected chi connectivity index (χ3v) is 10.0. The average Bonchev–Trinajstić information content (AvgIpc) is 3.04. The SMILES string of the molecule is CO[C@@H]1[C@H](O)[C@@H](C)O[C@@H](OC[C@H]2/C=C\C=C/C(=O)[C@@](C)(O)C[C@H](C)[C@H](O[C@@H]3O[C@H](C)C[C@](O)([C@H](C)O)[C@H]3O)[C@@H](C)/C=C\C(=O)O[C@@H]2C)[C@@H]1OC. The van der Waals surface area contributed by atoms with Gasteiger partial charge in [0.05, 0.1) is 31.0 Å². The minimum absolute atomic E-state index is 0.00269. The molecule has 5 N–H and O–H groups in total. The summed E-state index contributed by atoms with van der Waals surface area (Å²) in [5.41, 5.74) is -3.71. The number of hydrogen-bond acceptors (Lipinski definition) is 14. The van der Waals surface area contributed by atoms with Crippen molar-refractivity contribution in [3.8, 4) is 0 Å². The molecule has 0 aromatic heterocycles. The molecule has 2 saturated heterocycles. The van der Waals surface area contributed by atoms with Crippen molar-refractivity contribution in [3.05, 3.63) is 36.5 Å². The molecule has 3 rings (SSSR count). The van der Waals surface area contributed by atoms with E-state index in [1.807, 2.05) is 0 Å². The number of hydrogen-bond donors (Lipinski definition) is 5. The van der Waals surface area contributed by atoms with Crippen LogP contribution in [-0.4, -0.2) is 137 Å². The van der Waals surface area contributed by atoms with Gasteiger partial charge in [-0.15, -0.1) is 0 Å². The summed E-state index contributed by atoms with van der Waals surface area (Å²) < 4.78 is 40.8. The van der Waals surface area contributed by atoms with Crippen molar-refractivity contribution >= 4 is 11.8 Å². The fraction of sp³-hybridized carbons (Fsp3) is 0.778. The van der Waals surface area contributed by atoms with Crippen LogP contribution in [0.25, 0.3) is 0 Å². The van der Waals surface area contributed by atoms with Gasteiger partial charge in [-0.25, -0.2) is 4.79 Å². The number of carbonyl (C=O) groups excluding carboxylic acids is 2. The van der Waals surface area contributed by atoms with Crippen LogP contribution >= 0.6 is 0 Å². The average molecular weight is 715 g/mol. The fourth-order valence-electron chi connectivity index (χ4n) is 6.84. The van der Waals surface area contributed by atoms with Gasteiger partial charge in [0.1, 0.15) is 41.7 Å². The minimum Gasteiger partial charge on any atom is -0.459 e. The Labute approximate surface area is 295 Å². The summed E-state index contributed by atoms with van der Waals surface area (Å²) in [6, 6.07) is 0. The van der Waals surface area contributed by atoms with E-state index in [9.17, 15) is 35.1 Å². The number of rotatable bonds is 8. The lowest BCUT2D eigenvalue weighted by molar-refractivity contribution is -0.322. The Morgan fingerprint density at radius 3 is 2.16 bits per heavy atom. The van der Waals surface area contributed by atoms with Crippen LogP contribution < -0.4 is 0 Å². The van der Waals surface area contributed by atoms with Gasteiger partial charge in [-0.05, 0) is 53.0 Å². The maximum Gasteiger partial charge on any atom is 0.330 e. The number of esters is 1. The first-order valence-electron chi connectivity index (χ1n) is 17.3. The summed E-state index contributed by atoms with van der Waals surface area (Å²) in [5, 5.41) is 54.2. The van der Waals surface area contributed by atoms with Crippen molar-refractivity contribution in [2.45, 2.75) is 140 Å². The molecule has 50 heavy (non-hydrogen) atoms. The molecule has 14 nitrogen and oxygen atoms in total. The van der Waals surface area contributed by atoms with Gasteiger partial charge >= 0.3 is 5.97 Å². The summed E-state index contributed by atoms with van der Waals surface area (Å²) >= 11 is 0. The Hall–Kier alpha value is -2.08. The molecule has 0 saturated carbocycles. The molecule has 0 unspecified atom stereocenters. The maximum atomic E-state index is 13.2. The van der Waals surface area contributed by atoms with Crippen molar-refractivity contribution in [2.75, 3.05) is 20.8 Å². The molecule has 14 heteroatoms. The Bertz CT molecular complexity index is 1200. The van der Waals surface area contributed by atoms with Crippen LogP contribution in [0, 0.1) is 17.8 Å². The van der Waals surface area contributed by atoms with Crippen LogP contribution in [0.2, 0.25) is 0 Å².